The molecular weight excluding hydrogens is 212 g/mol. The summed E-state index contributed by atoms with van der Waals surface area (Å²) in [7, 11) is 0. The minimum atomic E-state index is 0.161. The van der Waals surface area contributed by atoms with Gasteiger partial charge in [-0.1, -0.05) is 19.3 Å². The van der Waals surface area contributed by atoms with Crippen LogP contribution in [0.2, 0.25) is 0 Å². The van der Waals surface area contributed by atoms with Crippen molar-refractivity contribution in [3.05, 3.63) is 23.8 Å². The highest BCUT2D eigenvalue weighted by molar-refractivity contribution is 5.92. The maximum atomic E-state index is 12.0. The number of carbonyl (C=O) groups excluding carboxylic acids is 1. The number of nitrogens with two attached hydrogens (primary N) is 1. The van der Waals surface area contributed by atoms with Gasteiger partial charge in [-0.3, -0.25) is 4.79 Å². The predicted octanol–water partition coefficient (Wildman–Crippen LogP) is 3.10. The molecule has 3 nitrogen and oxygen atoms in total. The molecule has 17 heavy (non-hydrogen) atoms. The number of carbonyl (C=O) groups is 1. The molecule has 1 aliphatic carbocycles. The molecule has 1 saturated carbocycles. The molecule has 0 radical (unpaired) electrons. The summed E-state index contributed by atoms with van der Waals surface area (Å²) in [5.41, 5.74) is 8.37. The first-order valence-corrected chi connectivity index (χ1v) is 6.34. The van der Waals surface area contributed by atoms with E-state index in [9.17, 15) is 4.79 Å². The van der Waals surface area contributed by atoms with Gasteiger partial charge in [0.15, 0.2) is 0 Å². The Hall–Kier alpha value is -1.51. The summed E-state index contributed by atoms with van der Waals surface area (Å²) in [5.74, 6) is 0.357. The number of hydrogen-bond acceptors (Lipinski definition) is 2. The van der Waals surface area contributed by atoms with Gasteiger partial charge in [0.25, 0.3) is 0 Å². The van der Waals surface area contributed by atoms with Crippen LogP contribution in [0.5, 0.6) is 0 Å². The molecule has 0 aliphatic heterocycles. The molecule has 1 aliphatic rings. The number of anilines is 2. The third kappa shape index (κ3) is 2.99. The zero-order valence-corrected chi connectivity index (χ0v) is 10.3. The van der Waals surface area contributed by atoms with Gasteiger partial charge in [-0.25, -0.2) is 0 Å². The first kappa shape index (κ1) is 12.0. The van der Waals surface area contributed by atoms with E-state index >= 15 is 0 Å². The van der Waals surface area contributed by atoms with Gasteiger partial charge in [-0.15, -0.1) is 0 Å². The average Bonchev–Trinajstić information content (AvgIpc) is 2.35. The van der Waals surface area contributed by atoms with Gasteiger partial charge < -0.3 is 11.1 Å². The smallest absolute Gasteiger partial charge is 0.227 e. The topological polar surface area (TPSA) is 55.1 Å². The molecule has 0 unspecified atom stereocenters. The molecule has 0 atom stereocenters. The van der Waals surface area contributed by atoms with Gasteiger partial charge >= 0.3 is 0 Å². The lowest BCUT2D eigenvalue weighted by molar-refractivity contribution is -0.120. The third-order valence-electron chi connectivity index (χ3n) is 3.51. The standard InChI is InChI=1S/C14H20N2O/c1-10-9-12(7-8-13(10)15)16-14(17)11-5-3-2-4-6-11/h7-9,11H,2-6,15H2,1H3,(H,16,17). The lowest BCUT2D eigenvalue weighted by Gasteiger charge is -2.20. The molecule has 1 aromatic rings. The Bertz CT molecular complexity index is 409. The van der Waals surface area contributed by atoms with Crippen LogP contribution in [-0.4, -0.2) is 5.91 Å². The minimum Gasteiger partial charge on any atom is -0.399 e. The minimum absolute atomic E-state index is 0.161. The number of aryl methyl sites for hydroxylation is 1. The fourth-order valence-corrected chi connectivity index (χ4v) is 2.36. The lowest BCUT2D eigenvalue weighted by atomic mass is 9.88. The van der Waals surface area contributed by atoms with Gasteiger partial charge in [0.1, 0.15) is 0 Å². The molecule has 1 aromatic carbocycles. The SMILES string of the molecule is Cc1cc(NC(=O)C2CCCCC2)ccc1N. The normalized spacial score (nSPS) is 16.8. The lowest BCUT2D eigenvalue weighted by Crippen LogP contribution is -2.24. The average molecular weight is 232 g/mol. The summed E-state index contributed by atoms with van der Waals surface area (Å²) >= 11 is 0. The second-order valence-corrected chi connectivity index (χ2v) is 4.90. The maximum Gasteiger partial charge on any atom is 0.227 e. The highest BCUT2D eigenvalue weighted by Crippen LogP contribution is 2.25. The largest absolute Gasteiger partial charge is 0.399 e. The summed E-state index contributed by atoms with van der Waals surface area (Å²) in [6.45, 7) is 1.95. The van der Waals surface area contributed by atoms with Crippen LogP contribution in [0.15, 0.2) is 18.2 Å². The molecule has 1 amide bonds. The maximum absolute atomic E-state index is 12.0. The van der Waals surface area contributed by atoms with Crippen molar-refractivity contribution in [3.63, 3.8) is 0 Å². The summed E-state index contributed by atoms with van der Waals surface area (Å²) in [4.78, 5) is 12.0. The third-order valence-corrected chi connectivity index (χ3v) is 3.51. The van der Waals surface area contributed by atoms with E-state index in [0.717, 1.165) is 29.8 Å². The second-order valence-electron chi connectivity index (χ2n) is 4.90. The van der Waals surface area contributed by atoms with Gasteiger partial charge in [-0.2, -0.15) is 0 Å². The molecule has 0 spiro atoms. The van der Waals surface area contributed by atoms with E-state index in [1.807, 2.05) is 25.1 Å². The number of hydrogen-bond donors (Lipinski definition) is 2. The number of nitrogen functional groups attached to an aromatic ring is 1. The van der Waals surface area contributed by atoms with E-state index in [1.54, 1.807) is 0 Å². The Morgan fingerprint density at radius 2 is 2.00 bits per heavy atom. The molecule has 0 heterocycles. The van der Waals surface area contributed by atoms with E-state index in [4.69, 9.17) is 5.73 Å². The van der Waals surface area contributed by atoms with Gasteiger partial charge in [0.2, 0.25) is 5.91 Å². The molecule has 0 saturated heterocycles. The summed E-state index contributed by atoms with van der Waals surface area (Å²) < 4.78 is 0. The van der Waals surface area contributed by atoms with E-state index in [1.165, 1.54) is 19.3 Å². The highest BCUT2D eigenvalue weighted by Gasteiger charge is 2.20. The van der Waals surface area contributed by atoms with Crippen molar-refractivity contribution in [2.24, 2.45) is 5.92 Å². The summed E-state index contributed by atoms with van der Waals surface area (Å²) in [6, 6.07) is 5.63. The Morgan fingerprint density at radius 3 is 2.65 bits per heavy atom. The molecule has 0 bridgehead atoms. The van der Waals surface area contributed by atoms with Gasteiger partial charge in [-0.05, 0) is 43.5 Å². The fraction of sp³-hybridized carbons (Fsp3) is 0.500. The zero-order valence-electron chi connectivity index (χ0n) is 10.3. The van der Waals surface area contributed by atoms with E-state index in [2.05, 4.69) is 5.32 Å². The number of amides is 1. The quantitative estimate of drug-likeness (QED) is 0.770. The Kier molecular flexibility index (Phi) is 3.67. The number of nitrogens with one attached hydrogen (secondary N) is 1. The van der Waals surface area contributed by atoms with Crippen LogP contribution in [0.25, 0.3) is 0 Å². The van der Waals surface area contributed by atoms with Gasteiger partial charge in [0, 0.05) is 17.3 Å². The van der Waals surface area contributed by atoms with Crippen LogP contribution in [0, 0.1) is 12.8 Å². The van der Waals surface area contributed by atoms with Crippen LogP contribution in [0.4, 0.5) is 11.4 Å². The number of rotatable bonds is 2. The molecular formula is C14H20N2O. The molecule has 3 N–H and O–H groups in total. The Balaban J connectivity index is 1.99. The molecule has 2 rings (SSSR count). The van der Waals surface area contributed by atoms with Crippen molar-refractivity contribution >= 4 is 17.3 Å². The van der Waals surface area contributed by atoms with Crippen molar-refractivity contribution in [3.8, 4) is 0 Å². The van der Waals surface area contributed by atoms with Crippen molar-refractivity contribution in [2.75, 3.05) is 11.1 Å². The summed E-state index contributed by atoms with van der Waals surface area (Å²) in [6.07, 6.45) is 5.68. The van der Waals surface area contributed by atoms with Gasteiger partial charge in [0.05, 0.1) is 0 Å². The van der Waals surface area contributed by atoms with Crippen LogP contribution in [0.3, 0.4) is 0 Å². The first-order chi connectivity index (χ1) is 8.16. The van der Waals surface area contributed by atoms with Crippen molar-refractivity contribution in [2.45, 2.75) is 39.0 Å². The van der Waals surface area contributed by atoms with Crippen molar-refractivity contribution in [1.29, 1.82) is 0 Å². The highest BCUT2D eigenvalue weighted by atomic mass is 16.1. The fourth-order valence-electron chi connectivity index (χ4n) is 2.36. The Labute approximate surface area is 102 Å². The first-order valence-electron chi connectivity index (χ1n) is 6.34. The molecule has 0 aromatic heterocycles. The second kappa shape index (κ2) is 5.21. The van der Waals surface area contributed by atoms with E-state index in [0.29, 0.717) is 0 Å². The van der Waals surface area contributed by atoms with Crippen LogP contribution in [-0.2, 0) is 4.79 Å². The van der Waals surface area contributed by atoms with Crippen LogP contribution >= 0.6 is 0 Å². The molecule has 92 valence electrons. The van der Waals surface area contributed by atoms with E-state index < -0.39 is 0 Å². The van der Waals surface area contributed by atoms with E-state index in [-0.39, 0.29) is 11.8 Å². The monoisotopic (exact) mass is 232 g/mol. The predicted molar refractivity (Wildman–Crippen MR) is 70.8 cm³/mol. The van der Waals surface area contributed by atoms with Crippen LogP contribution in [0.1, 0.15) is 37.7 Å². The van der Waals surface area contributed by atoms with Crippen LogP contribution < -0.4 is 11.1 Å². The number of benzene rings is 1. The van der Waals surface area contributed by atoms with Crippen molar-refractivity contribution in [1.82, 2.24) is 0 Å². The zero-order chi connectivity index (χ0) is 12.3. The Morgan fingerprint density at radius 1 is 1.29 bits per heavy atom. The summed E-state index contributed by atoms with van der Waals surface area (Å²) in [5, 5.41) is 2.99. The molecule has 3 heteroatoms. The molecule has 1 fully saturated rings. The van der Waals surface area contributed by atoms with Crippen molar-refractivity contribution < 1.29 is 4.79 Å².